The van der Waals surface area contributed by atoms with E-state index in [-0.39, 0.29) is 57.6 Å². The molecule has 0 bridgehead atoms. The molecule has 0 saturated carbocycles. The van der Waals surface area contributed by atoms with Gasteiger partial charge in [-0.05, 0) is 34.9 Å². The molecular weight excluding hydrogens is 646 g/mol. The van der Waals surface area contributed by atoms with Crippen LogP contribution in [-0.2, 0) is 38.6 Å². The van der Waals surface area contributed by atoms with Crippen LogP contribution in [0.1, 0.15) is 16.7 Å². The van der Waals surface area contributed by atoms with Crippen LogP contribution in [0.5, 0.6) is 5.75 Å². The number of aromatic nitrogens is 1. The third kappa shape index (κ3) is 7.28. The average Bonchev–Trinajstić information content (AvgIpc) is 3.66. The zero-order valence-electron chi connectivity index (χ0n) is 26.8. The number of fused-ring (bicyclic) bond motifs is 2. The number of carbonyl (C=O) groups is 4. The standard InChI is InChI=1S/C35H35N7O6S/c1-3-16-40(35(46)37-18-24-8-5-4-6-9-24)41-21-30(43)42-27(17-23-12-14-26(15-13-23)48-22-31(44)47-2)33(45)39(20-29(41)42)19-25-10-7-11-28-32(25)38-34(36)49-28/h1,4-15,27,29H,16-22H2,2H3,(H2,36,38)(H,37,46)/t27?,29-/m1/s1. The fraction of sp³-hybridized carbons (Fsp3) is 0.286. The molecule has 14 heteroatoms. The monoisotopic (exact) mass is 681 g/mol. The van der Waals surface area contributed by atoms with Crippen molar-refractivity contribution in [2.75, 3.05) is 39.1 Å². The van der Waals surface area contributed by atoms with Crippen LogP contribution in [0.4, 0.5) is 9.93 Å². The van der Waals surface area contributed by atoms with E-state index >= 15 is 0 Å². The molecule has 1 aromatic heterocycles. The molecule has 1 unspecified atom stereocenters. The number of thiazole rings is 1. The quantitative estimate of drug-likeness (QED) is 0.180. The van der Waals surface area contributed by atoms with E-state index < -0.39 is 24.2 Å². The fourth-order valence-electron chi connectivity index (χ4n) is 6.12. The Labute approximate surface area is 287 Å². The lowest BCUT2D eigenvalue weighted by Crippen LogP contribution is -2.66. The second kappa shape index (κ2) is 14.6. The summed E-state index contributed by atoms with van der Waals surface area (Å²) in [6, 6.07) is 20.8. The number of piperazine rings is 1. The first kappa shape index (κ1) is 33.3. The molecule has 6 rings (SSSR count). The summed E-state index contributed by atoms with van der Waals surface area (Å²) in [6.07, 6.45) is 5.25. The number of para-hydroxylation sites is 1. The number of benzene rings is 3. The van der Waals surface area contributed by atoms with E-state index in [1.165, 1.54) is 23.5 Å². The maximum atomic E-state index is 14.3. The average molecular weight is 682 g/mol. The van der Waals surface area contributed by atoms with Gasteiger partial charge >= 0.3 is 12.0 Å². The predicted octanol–water partition coefficient (Wildman–Crippen LogP) is 2.61. The molecule has 2 aliphatic rings. The second-order valence-electron chi connectivity index (χ2n) is 11.5. The maximum absolute atomic E-state index is 14.3. The third-order valence-electron chi connectivity index (χ3n) is 8.46. The molecule has 0 spiro atoms. The number of rotatable bonds is 11. The zero-order valence-corrected chi connectivity index (χ0v) is 27.6. The number of anilines is 1. The topological polar surface area (TPSA) is 151 Å². The van der Waals surface area contributed by atoms with Gasteiger partial charge in [0.2, 0.25) is 11.8 Å². The number of terminal acetylenes is 1. The molecule has 49 heavy (non-hydrogen) atoms. The summed E-state index contributed by atoms with van der Waals surface area (Å²) < 4.78 is 11.0. The summed E-state index contributed by atoms with van der Waals surface area (Å²) in [5.41, 5.74) is 9.23. The maximum Gasteiger partial charge on any atom is 0.343 e. The van der Waals surface area contributed by atoms with Crippen molar-refractivity contribution in [3.8, 4) is 18.1 Å². The van der Waals surface area contributed by atoms with E-state index in [2.05, 4.69) is 21.0 Å². The van der Waals surface area contributed by atoms with Crippen LogP contribution in [0, 0.1) is 12.3 Å². The Bertz CT molecular complexity index is 1890. The minimum Gasteiger partial charge on any atom is -0.482 e. The first-order chi connectivity index (χ1) is 23.7. The molecule has 3 heterocycles. The van der Waals surface area contributed by atoms with Crippen molar-refractivity contribution >= 4 is 50.5 Å². The van der Waals surface area contributed by atoms with Gasteiger partial charge in [-0.3, -0.25) is 9.59 Å². The Hall–Kier alpha value is -5.65. The van der Waals surface area contributed by atoms with Crippen LogP contribution in [-0.4, -0.2) is 94.2 Å². The van der Waals surface area contributed by atoms with Crippen LogP contribution in [0.15, 0.2) is 72.8 Å². The van der Waals surface area contributed by atoms with Crippen LogP contribution in [0.3, 0.4) is 0 Å². The second-order valence-corrected chi connectivity index (χ2v) is 12.6. The number of amides is 4. The van der Waals surface area contributed by atoms with Gasteiger partial charge in [-0.25, -0.2) is 19.6 Å². The van der Waals surface area contributed by atoms with Crippen molar-refractivity contribution in [2.24, 2.45) is 0 Å². The summed E-state index contributed by atoms with van der Waals surface area (Å²) >= 11 is 1.37. The largest absolute Gasteiger partial charge is 0.482 e. The van der Waals surface area contributed by atoms with Gasteiger partial charge in [-0.15, -0.1) is 6.42 Å². The summed E-state index contributed by atoms with van der Waals surface area (Å²) in [5.74, 6) is 1.95. The number of ether oxygens (including phenoxy) is 2. The first-order valence-corrected chi connectivity index (χ1v) is 16.4. The van der Waals surface area contributed by atoms with Crippen LogP contribution in [0.25, 0.3) is 10.2 Å². The molecule has 0 radical (unpaired) electrons. The third-order valence-corrected chi connectivity index (χ3v) is 9.31. The van der Waals surface area contributed by atoms with Gasteiger partial charge in [-0.2, -0.15) is 5.01 Å². The first-order valence-electron chi connectivity index (χ1n) is 15.6. The van der Waals surface area contributed by atoms with Gasteiger partial charge in [0, 0.05) is 19.5 Å². The molecule has 2 saturated heterocycles. The number of hydrogen-bond acceptors (Lipinski definition) is 10. The highest BCUT2D eigenvalue weighted by Gasteiger charge is 2.52. The number of carbonyl (C=O) groups excluding carboxylic acids is 4. The van der Waals surface area contributed by atoms with E-state index in [4.69, 9.17) is 16.9 Å². The highest BCUT2D eigenvalue weighted by atomic mass is 32.1. The van der Waals surface area contributed by atoms with E-state index in [1.54, 1.807) is 39.1 Å². The number of esters is 1. The lowest BCUT2D eigenvalue weighted by Gasteiger charge is -2.46. The molecule has 2 fully saturated rings. The smallest absolute Gasteiger partial charge is 0.343 e. The molecule has 3 aromatic carbocycles. The van der Waals surface area contributed by atoms with Crippen LogP contribution < -0.4 is 15.8 Å². The number of urea groups is 1. The van der Waals surface area contributed by atoms with Gasteiger partial charge in [0.05, 0.1) is 37.0 Å². The van der Waals surface area contributed by atoms with E-state index in [1.807, 2.05) is 48.5 Å². The summed E-state index contributed by atoms with van der Waals surface area (Å²) in [7, 11) is 1.28. The zero-order chi connectivity index (χ0) is 34.5. The normalized spacial score (nSPS) is 17.5. The van der Waals surface area contributed by atoms with Crippen molar-refractivity contribution in [1.82, 2.24) is 30.1 Å². The predicted molar refractivity (Wildman–Crippen MR) is 182 cm³/mol. The number of nitrogen functional groups attached to an aromatic ring is 1. The van der Waals surface area contributed by atoms with Crippen molar-refractivity contribution < 1.29 is 28.7 Å². The minimum atomic E-state index is -0.877. The van der Waals surface area contributed by atoms with Gasteiger partial charge in [0.1, 0.15) is 18.0 Å². The van der Waals surface area contributed by atoms with Crippen molar-refractivity contribution in [2.45, 2.75) is 31.7 Å². The SMILES string of the molecule is C#CCN(C(=O)NCc1ccccc1)N1CC(=O)N2C(Cc3ccc(OCC(=O)OC)cc3)C(=O)N(Cc3cccc4sc(N)nc34)C[C@@H]21. The number of hydrazine groups is 1. The molecule has 4 aromatic rings. The van der Waals surface area contributed by atoms with Crippen molar-refractivity contribution in [3.05, 3.63) is 89.5 Å². The molecule has 3 N–H and O–H groups in total. The highest BCUT2D eigenvalue weighted by molar-refractivity contribution is 7.22. The molecule has 4 amide bonds. The van der Waals surface area contributed by atoms with Crippen LogP contribution in [0.2, 0.25) is 0 Å². The summed E-state index contributed by atoms with van der Waals surface area (Å²) in [5, 5.41) is 6.36. The number of nitrogens with zero attached hydrogens (tertiary/aromatic N) is 5. The molecule has 2 atom stereocenters. The molecule has 13 nitrogen and oxygen atoms in total. The van der Waals surface area contributed by atoms with Gasteiger partial charge < -0.3 is 30.3 Å². The Kier molecular flexibility index (Phi) is 9.93. The van der Waals surface area contributed by atoms with Crippen molar-refractivity contribution in [1.29, 1.82) is 0 Å². The van der Waals surface area contributed by atoms with Crippen LogP contribution >= 0.6 is 11.3 Å². The number of hydrogen-bond donors (Lipinski definition) is 2. The molecule has 2 aliphatic heterocycles. The summed E-state index contributed by atoms with van der Waals surface area (Å²) in [6.45, 7) is 0.158. The van der Waals surface area contributed by atoms with E-state index in [0.29, 0.717) is 16.4 Å². The molecule has 252 valence electrons. The van der Waals surface area contributed by atoms with Gasteiger partial charge in [0.25, 0.3) is 0 Å². The fourth-order valence-corrected chi connectivity index (χ4v) is 6.91. The Morgan fingerprint density at radius 1 is 1.08 bits per heavy atom. The van der Waals surface area contributed by atoms with Gasteiger partial charge in [0.15, 0.2) is 11.7 Å². The Balaban J connectivity index is 1.29. The lowest BCUT2D eigenvalue weighted by atomic mass is 9.99. The lowest BCUT2D eigenvalue weighted by molar-refractivity contribution is -0.157. The minimum absolute atomic E-state index is 0.0820. The molecular formula is C35H35N7O6S. The Morgan fingerprint density at radius 2 is 1.86 bits per heavy atom. The number of nitrogens with one attached hydrogen (secondary N) is 1. The number of methoxy groups -OCH3 is 1. The summed E-state index contributed by atoms with van der Waals surface area (Å²) in [4.78, 5) is 60.9. The highest BCUT2D eigenvalue weighted by Crippen LogP contribution is 2.32. The number of nitrogens with two attached hydrogens (primary N) is 1. The molecule has 0 aliphatic carbocycles. The van der Waals surface area contributed by atoms with Crippen molar-refractivity contribution in [3.63, 3.8) is 0 Å². The van der Waals surface area contributed by atoms with Gasteiger partial charge in [-0.1, -0.05) is 71.9 Å². The van der Waals surface area contributed by atoms with E-state index in [0.717, 1.165) is 21.4 Å². The Morgan fingerprint density at radius 3 is 2.59 bits per heavy atom. The van der Waals surface area contributed by atoms with E-state index in [9.17, 15) is 19.2 Å².